The van der Waals surface area contributed by atoms with E-state index in [-0.39, 0.29) is 0 Å². The molecular weight excluding hydrogens is 230 g/mol. The number of carbonyl (C=O) groups is 2. The van der Waals surface area contributed by atoms with Crippen molar-refractivity contribution in [3.63, 3.8) is 0 Å². The summed E-state index contributed by atoms with van der Waals surface area (Å²) < 4.78 is 4.44. The minimum atomic E-state index is -0.661. The van der Waals surface area contributed by atoms with Crippen molar-refractivity contribution in [1.29, 1.82) is 0 Å². The van der Waals surface area contributed by atoms with E-state index < -0.39 is 18.1 Å². The zero-order chi connectivity index (χ0) is 12.5. The summed E-state index contributed by atoms with van der Waals surface area (Å²) in [4.78, 5) is 22.3. The average Bonchev–Trinajstić information content (AvgIpc) is 2.68. The molecule has 0 aromatic heterocycles. The van der Waals surface area contributed by atoms with Crippen molar-refractivity contribution in [3.05, 3.63) is 48.0 Å². The molecule has 0 unspecified atom stereocenters. The maximum Gasteiger partial charge on any atom is 0.415 e. The van der Waals surface area contributed by atoms with Crippen LogP contribution in [0.2, 0.25) is 0 Å². The number of nitrogens with one attached hydrogen (secondary N) is 1. The van der Waals surface area contributed by atoms with Crippen molar-refractivity contribution in [3.8, 4) is 0 Å². The Kier molecular flexibility index (Phi) is 2.48. The highest BCUT2D eigenvalue weighted by Gasteiger charge is 2.32. The van der Waals surface area contributed by atoms with Crippen molar-refractivity contribution in [1.82, 2.24) is 5.32 Å². The Labute approximate surface area is 104 Å². The van der Waals surface area contributed by atoms with E-state index in [0.29, 0.717) is 6.42 Å². The molecule has 4 nitrogen and oxygen atoms in total. The molecule has 0 radical (unpaired) electrons. The van der Waals surface area contributed by atoms with Gasteiger partial charge in [0.25, 0.3) is 0 Å². The molecule has 2 aromatic rings. The molecule has 1 N–H and O–H groups in total. The second-order valence-corrected chi connectivity index (χ2v) is 4.29. The van der Waals surface area contributed by atoms with Gasteiger partial charge in [-0.3, -0.25) is 0 Å². The molecule has 0 spiro atoms. The predicted octanol–water partition coefficient (Wildman–Crippen LogP) is 2.02. The lowest BCUT2D eigenvalue weighted by molar-refractivity contribution is -0.135. The van der Waals surface area contributed by atoms with Gasteiger partial charge in [-0.25, -0.2) is 9.59 Å². The summed E-state index contributed by atoms with van der Waals surface area (Å²) in [6.45, 7) is 0. The number of cyclic esters (lactones) is 2. The maximum atomic E-state index is 11.3. The van der Waals surface area contributed by atoms with Crippen molar-refractivity contribution in [2.75, 3.05) is 0 Å². The van der Waals surface area contributed by atoms with Crippen LogP contribution < -0.4 is 5.32 Å². The van der Waals surface area contributed by atoms with Crippen LogP contribution in [0.25, 0.3) is 10.8 Å². The molecule has 1 saturated heterocycles. The number of carbonyl (C=O) groups excluding carboxylic acids is 2. The van der Waals surface area contributed by atoms with Crippen LogP contribution in [-0.4, -0.2) is 18.1 Å². The standard InChI is InChI=1S/C14H11NO3/c16-13-12(15-14(17)18-13)8-9-5-6-10-3-1-2-4-11(10)7-9/h1-7,12H,8H2,(H,15,17)/t12-/m0/s1. The Morgan fingerprint density at radius 2 is 1.83 bits per heavy atom. The minimum absolute atomic E-state index is 0.454. The molecule has 1 heterocycles. The smallest absolute Gasteiger partial charge is 0.375 e. The summed E-state index contributed by atoms with van der Waals surface area (Å²) in [6.07, 6.45) is -0.208. The van der Waals surface area contributed by atoms with Gasteiger partial charge in [0, 0.05) is 6.42 Å². The fraction of sp³-hybridized carbons (Fsp3) is 0.143. The first-order valence-electron chi connectivity index (χ1n) is 5.72. The van der Waals surface area contributed by atoms with Gasteiger partial charge in [-0.2, -0.15) is 0 Å². The van der Waals surface area contributed by atoms with Gasteiger partial charge in [0.05, 0.1) is 0 Å². The normalized spacial score (nSPS) is 18.8. The highest BCUT2D eigenvalue weighted by molar-refractivity contribution is 5.95. The third-order valence-corrected chi connectivity index (χ3v) is 3.02. The van der Waals surface area contributed by atoms with E-state index in [1.807, 2.05) is 42.5 Å². The summed E-state index contributed by atoms with van der Waals surface area (Å²) in [5.41, 5.74) is 0.998. The van der Waals surface area contributed by atoms with Crippen LogP contribution in [0.4, 0.5) is 4.79 Å². The number of benzene rings is 2. The molecule has 90 valence electrons. The Balaban J connectivity index is 1.87. The van der Waals surface area contributed by atoms with Gasteiger partial charge in [0.15, 0.2) is 0 Å². The Morgan fingerprint density at radius 1 is 1.06 bits per heavy atom. The van der Waals surface area contributed by atoms with Crippen molar-refractivity contribution in [2.24, 2.45) is 0 Å². The number of hydrogen-bond acceptors (Lipinski definition) is 3. The van der Waals surface area contributed by atoms with Gasteiger partial charge in [-0.05, 0) is 16.3 Å². The molecule has 1 atom stereocenters. The van der Waals surface area contributed by atoms with Gasteiger partial charge >= 0.3 is 12.1 Å². The lowest BCUT2D eigenvalue weighted by Gasteiger charge is -2.07. The highest BCUT2D eigenvalue weighted by Crippen LogP contribution is 2.17. The Bertz CT molecular complexity index is 636. The number of ether oxygens (including phenoxy) is 1. The van der Waals surface area contributed by atoms with Crippen LogP contribution in [0.15, 0.2) is 42.5 Å². The van der Waals surface area contributed by atoms with E-state index in [2.05, 4.69) is 10.1 Å². The Hall–Kier alpha value is -2.36. The third-order valence-electron chi connectivity index (χ3n) is 3.02. The number of alkyl carbamates (subject to hydrolysis) is 1. The lowest BCUT2D eigenvalue weighted by atomic mass is 10.0. The van der Waals surface area contributed by atoms with E-state index in [1.54, 1.807) is 0 Å². The second-order valence-electron chi connectivity index (χ2n) is 4.29. The molecule has 1 aliphatic rings. The van der Waals surface area contributed by atoms with E-state index in [4.69, 9.17) is 0 Å². The quantitative estimate of drug-likeness (QED) is 0.646. The average molecular weight is 241 g/mol. The van der Waals surface area contributed by atoms with Crippen LogP contribution in [-0.2, 0) is 16.0 Å². The summed E-state index contributed by atoms with van der Waals surface area (Å²) in [6, 6.07) is 13.4. The molecule has 2 aromatic carbocycles. The molecule has 18 heavy (non-hydrogen) atoms. The van der Waals surface area contributed by atoms with Gasteiger partial charge < -0.3 is 10.1 Å². The van der Waals surface area contributed by atoms with Crippen LogP contribution in [0.5, 0.6) is 0 Å². The molecule has 4 heteroatoms. The van der Waals surface area contributed by atoms with E-state index >= 15 is 0 Å². The molecular formula is C14H11NO3. The van der Waals surface area contributed by atoms with Crippen LogP contribution in [0.3, 0.4) is 0 Å². The highest BCUT2D eigenvalue weighted by atomic mass is 16.6. The number of hydrogen-bond donors (Lipinski definition) is 1. The first kappa shape index (κ1) is 10.8. The van der Waals surface area contributed by atoms with Crippen molar-refractivity contribution >= 4 is 22.8 Å². The molecule has 1 amide bonds. The summed E-state index contributed by atoms with van der Waals surface area (Å²) in [5, 5.41) is 4.76. The molecule has 0 saturated carbocycles. The number of amides is 1. The van der Waals surface area contributed by atoms with Crippen molar-refractivity contribution in [2.45, 2.75) is 12.5 Å². The molecule has 3 rings (SSSR count). The summed E-state index contributed by atoms with van der Waals surface area (Å²) >= 11 is 0. The largest absolute Gasteiger partial charge is 0.415 e. The first-order valence-corrected chi connectivity index (χ1v) is 5.72. The predicted molar refractivity (Wildman–Crippen MR) is 66.1 cm³/mol. The SMILES string of the molecule is O=C1N[C@@H](Cc2ccc3ccccc3c2)C(=O)O1. The van der Waals surface area contributed by atoms with Gasteiger partial charge in [-0.1, -0.05) is 42.5 Å². The Morgan fingerprint density at radius 3 is 2.56 bits per heavy atom. The molecule has 1 aliphatic heterocycles. The zero-order valence-electron chi connectivity index (χ0n) is 9.55. The molecule has 1 fully saturated rings. The molecule has 0 bridgehead atoms. The summed E-state index contributed by atoms with van der Waals surface area (Å²) in [7, 11) is 0. The van der Waals surface area contributed by atoms with Crippen molar-refractivity contribution < 1.29 is 14.3 Å². The number of rotatable bonds is 2. The van der Waals surface area contributed by atoms with E-state index in [9.17, 15) is 9.59 Å². The maximum absolute atomic E-state index is 11.3. The minimum Gasteiger partial charge on any atom is -0.375 e. The van der Waals surface area contributed by atoms with Gasteiger partial charge in [0.1, 0.15) is 6.04 Å². The van der Waals surface area contributed by atoms with Crippen LogP contribution in [0, 0.1) is 0 Å². The lowest BCUT2D eigenvalue weighted by Crippen LogP contribution is -2.30. The first-order chi connectivity index (χ1) is 8.72. The summed E-state index contributed by atoms with van der Waals surface area (Å²) in [5.74, 6) is -0.506. The number of fused-ring (bicyclic) bond motifs is 1. The fourth-order valence-corrected chi connectivity index (χ4v) is 2.13. The van der Waals surface area contributed by atoms with Gasteiger partial charge in [0.2, 0.25) is 0 Å². The topological polar surface area (TPSA) is 55.4 Å². The van der Waals surface area contributed by atoms with Gasteiger partial charge in [-0.15, -0.1) is 0 Å². The molecule has 0 aliphatic carbocycles. The van der Waals surface area contributed by atoms with E-state index in [1.165, 1.54) is 0 Å². The van der Waals surface area contributed by atoms with Crippen LogP contribution in [0.1, 0.15) is 5.56 Å². The third kappa shape index (κ3) is 1.93. The number of esters is 1. The zero-order valence-corrected chi connectivity index (χ0v) is 9.55. The second kappa shape index (κ2) is 4.14. The van der Waals surface area contributed by atoms with Crippen LogP contribution >= 0.6 is 0 Å². The monoisotopic (exact) mass is 241 g/mol. The fourth-order valence-electron chi connectivity index (χ4n) is 2.13. The van der Waals surface area contributed by atoms with E-state index in [0.717, 1.165) is 16.3 Å².